The van der Waals surface area contributed by atoms with Crippen LogP contribution in [0.1, 0.15) is 24.0 Å². The number of hydrogen-bond acceptors (Lipinski definition) is 6. The summed E-state index contributed by atoms with van der Waals surface area (Å²) in [4.78, 5) is 11.7. The Balaban J connectivity index is 0.00000196. The van der Waals surface area contributed by atoms with Crippen LogP contribution < -0.4 is 15.0 Å². The van der Waals surface area contributed by atoms with Crippen molar-refractivity contribution in [3.63, 3.8) is 0 Å². The molecule has 2 heterocycles. The van der Waals surface area contributed by atoms with Crippen LogP contribution in [0, 0.1) is 0 Å². The zero-order valence-electron chi connectivity index (χ0n) is 16.5. The molecule has 0 spiro atoms. The van der Waals surface area contributed by atoms with Crippen molar-refractivity contribution in [1.82, 2.24) is 15.3 Å². The average Bonchev–Trinajstić information content (AvgIpc) is 2.92. The highest BCUT2D eigenvalue weighted by molar-refractivity contribution is 5.85. The van der Waals surface area contributed by atoms with Crippen molar-refractivity contribution >= 4 is 30.6 Å². The second-order valence-electron chi connectivity index (χ2n) is 6.36. The second kappa shape index (κ2) is 12.8. The van der Waals surface area contributed by atoms with Gasteiger partial charge in [-0.25, -0.2) is 9.97 Å². The predicted octanol–water partition coefficient (Wildman–Crippen LogP) is 3.06. The zero-order chi connectivity index (χ0) is 18.2. The van der Waals surface area contributed by atoms with Crippen LogP contribution in [0.2, 0.25) is 0 Å². The molecular weight excluding hydrogens is 399 g/mol. The molecule has 0 aliphatic carbocycles. The number of halogens is 2. The average molecular weight is 429 g/mol. The SMILES string of the molecule is CCOCc1nc2c(c(N(C)CCOc3ccccc3)n1)CCNCC2.Cl.Cl. The number of hydrogen-bond donors (Lipinski definition) is 1. The first-order valence-electron chi connectivity index (χ1n) is 9.34. The van der Waals surface area contributed by atoms with Crippen LogP contribution in [0.5, 0.6) is 5.75 Å². The Morgan fingerprint density at radius 3 is 2.57 bits per heavy atom. The molecule has 1 aromatic heterocycles. The number of anilines is 1. The Kier molecular flexibility index (Phi) is 11.2. The molecule has 0 unspecified atom stereocenters. The van der Waals surface area contributed by atoms with Gasteiger partial charge in [-0.1, -0.05) is 18.2 Å². The molecule has 0 bridgehead atoms. The van der Waals surface area contributed by atoms with Gasteiger partial charge in [0, 0.05) is 32.2 Å². The molecule has 0 radical (unpaired) electrons. The van der Waals surface area contributed by atoms with E-state index in [-0.39, 0.29) is 24.8 Å². The number of nitrogens with zero attached hydrogens (tertiary/aromatic N) is 3. The summed E-state index contributed by atoms with van der Waals surface area (Å²) in [5.74, 6) is 2.66. The second-order valence-corrected chi connectivity index (χ2v) is 6.36. The van der Waals surface area contributed by atoms with E-state index in [1.165, 1.54) is 5.56 Å². The fourth-order valence-electron chi connectivity index (χ4n) is 3.07. The van der Waals surface area contributed by atoms with Crippen LogP contribution in [-0.2, 0) is 24.2 Å². The van der Waals surface area contributed by atoms with Gasteiger partial charge >= 0.3 is 0 Å². The lowest BCUT2D eigenvalue weighted by Crippen LogP contribution is -2.27. The third-order valence-electron chi connectivity index (χ3n) is 4.44. The molecule has 6 nitrogen and oxygen atoms in total. The summed E-state index contributed by atoms with van der Waals surface area (Å²) in [7, 11) is 2.07. The standard InChI is InChI=1S/C20H28N4O2.2ClH/c1-3-25-15-19-22-18-10-12-21-11-9-17(18)20(23-19)24(2)13-14-26-16-7-5-4-6-8-16;;/h4-8,21H,3,9-15H2,1-2H3;2*1H. The summed E-state index contributed by atoms with van der Waals surface area (Å²) in [5.41, 5.74) is 2.39. The van der Waals surface area contributed by atoms with Crippen LogP contribution in [0.15, 0.2) is 30.3 Å². The van der Waals surface area contributed by atoms with Gasteiger partial charge < -0.3 is 19.7 Å². The van der Waals surface area contributed by atoms with Crippen LogP contribution in [-0.4, -0.2) is 49.9 Å². The Labute approximate surface area is 179 Å². The molecule has 0 amide bonds. The number of likely N-dealkylation sites (N-methyl/N-ethyl adjacent to an activating group) is 1. The lowest BCUT2D eigenvalue weighted by atomic mass is 10.1. The Morgan fingerprint density at radius 1 is 1.07 bits per heavy atom. The summed E-state index contributed by atoms with van der Waals surface area (Å²) >= 11 is 0. The number of ether oxygens (including phenoxy) is 2. The fourth-order valence-corrected chi connectivity index (χ4v) is 3.07. The minimum atomic E-state index is 0. The molecule has 28 heavy (non-hydrogen) atoms. The molecule has 3 rings (SSSR count). The number of para-hydroxylation sites is 1. The number of rotatable bonds is 8. The largest absolute Gasteiger partial charge is 0.492 e. The van der Waals surface area contributed by atoms with Crippen molar-refractivity contribution in [2.75, 3.05) is 44.8 Å². The first kappa shape index (κ1) is 24.4. The van der Waals surface area contributed by atoms with Gasteiger partial charge in [-0.3, -0.25) is 0 Å². The van der Waals surface area contributed by atoms with Crippen LogP contribution in [0.3, 0.4) is 0 Å². The smallest absolute Gasteiger partial charge is 0.156 e. The number of benzene rings is 1. The van der Waals surface area contributed by atoms with E-state index in [0.717, 1.165) is 55.6 Å². The van der Waals surface area contributed by atoms with E-state index >= 15 is 0 Å². The predicted molar refractivity (Wildman–Crippen MR) is 117 cm³/mol. The molecule has 1 aliphatic rings. The van der Waals surface area contributed by atoms with Gasteiger partial charge in [0.25, 0.3) is 0 Å². The Bertz CT molecular complexity index is 704. The van der Waals surface area contributed by atoms with Gasteiger partial charge in [-0.15, -0.1) is 24.8 Å². The number of aromatic nitrogens is 2. The van der Waals surface area contributed by atoms with E-state index in [9.17, 15) is 0 Å². The van der Waals surface area contributed by atoms with E-state index in [4.69, 9.17) is 19.4 Å². The van der Waals surface area contributed by atoms with E-state index < -0.39 is 0 Å². The highest BCUT2D eigenvalue weighted by Crippen LogP contribution is 2.23. The van der Waals surface area contributed by atoms with Crippen molar-refractivity contribution in [1.29, 1.82) is 0 Å². The normalized spacial score (nSPS) is 12.8. The molecule has 1 aliphatic heterocycles. The third-order valence-corrected chi connectivity index (χ3v) is 4.44. The van der Waals surface area contributed by atoms with E-state index in [2.05, 4.69) is 17.3 Å². The first-order valence-corrected chi connectivity index (χ1v) is 9.34. The molecule has 1 N–H and O–H groups in total. The minimum Gasteiger partial charge on any atom is -0.492 e. The maximum Gasteiger partial charge on any atom is 0.156 e. The van der Waals surface area contributed by atoms with E-state index in [0.29, 0.717) is 19.8 Å². The van der Waals surface area contributed by atoms with Crippen molar-refractivity contribution < 1.29 is 9.47 Å². The molecule has 0 atom stereocenters. The molecule has 1 aromatic carbocycles. The molecule has 0 fully saturated rings. The monoisotopic (exact) mass is 428 g/mol. The Morgan fingerprint density at radius 2 is 1.82 bits per heavy atom. The van der Waals surface area contributed by atoms with Gasteiger partial charge in [-0.2, -0.15) is 0 Å². The highest BCUT2D eigenvalue weighted by atomic mass is 35.5. The number of nitrogens with one attached hydrogen (secondary N) is 1. The molecule has 2 aromatic rings. The maximum atomic E-state index is 5.84. The van der Waals surface area contributed by atoms with Crippen LogP contribution in [0.4, 0.5) is 5.82 Å². The third kappa shape index (κ3) is 6.78. The van der Waals surface area contributed by atoms with Crippen molar-refractivity contribution in [2.24, 2.45) is 0 Å². The van der Waals surface area contributed by atoms with Crippen molar-refractivity contribution in [3.05, 3.63) is 47.4 Å². The van der Waals surface area contributed by atoms with Crippen LogP contribution in [0.25, 0.3) is 0 Å². The van der Waals surface area contributed by atoms with Crippen molar-refractivity contribution in [3.8, 4) is 5.75 Å². The topological polar surface area (TPSA) is 59.5 Å². The summed E-state index contributed by atoms with van der Waals surface area (Å²) in [6.07, 6.45) is 1.88. The quantitative estimate of drug-likeness (QED) is 0.696. The highest BCUT2D eigenvalue weighted by Gasteiger charge is 2.19. The molecule has 8 heteroatoms. The maximum absolute atomic E-state index is 5.84. The van der Waals surface area contributed by atoms with E-state index in [1.54, 1.807) is 0 Å². The first-order chi connectivity index (χ1) is 12.8. The van der Waals surface area contributed by atoms with E-state index in [1.807, 2.05) is 37.3 Å². The lowest BCUT2D eigenvalue weighted by molar-refractivity contribution is 0.128. The summed E-state index contributed by atoms with van der Waals surface area (Å²) in [6, 6.07) is 9.90. The van der Waals surface area contributed by atoms with Gasteiger partial charge in [0.15, 0.2) is 5.82 Å². The van der Waals surface area contributed by atoms with Crippen molar-refractivity contribution in [2.45, 2.75) is 26.4 Å². The molecule has 0 saturated heterocycles. The molecule has 156 valence electrons. The zero-order valence-corrected chi connectivity index (χ0v) is 18.2. The molecular formula is C20H30Cl2N4O2. The lowest BCUT2D eigenvalue weighted by Gasteiger charge is -2.23. The summed E-state index contributed by atoms with van der Waals surface area (Å²) in [6.45, 7) is 6.40. The van der Waals surface area contributed by atoms with Gasteiger partial charge in [0.1, 0.15) is 24.8 Å². The van der Waals surface area contributed by atoms with Gasteiger partial charge in [-0.05, 0) is 32.0 Å². The number of fused-ring (bicyclic) bond motifs is 1. The fraction of sp³-hybridized carbons (Fsp3) is 0.500. The minimum absolute atomic E-state index is 0. The summed E-state index contributed by atoms with van der Waals surface area (Å²) < 4.78 is 11.4. The summed E-state index contributed by atoms with van der Waals surface area (Å²) in [5, 5.41) is 3.45. The van der Waals surface area contributed by atoms with Gasteiger partial charge in [0.2, 0.25) is 0 Å². The Hall–Kier alpha value is -1.60. The van der Waals surface area contributed by atoms with Crippen LogP contribution >= 0.6 is 24.8 Å². The molecule has 0 saturated carbocycles. The van der Waals surface area contributed by atoms with Gasteiger partial charge in [0.05, 0.1) is 12.2 Å².